The predicted molar refractivity (Wildman–Crippen MR) is 45.4 cm³/mol. The van der Waals surface area contributed by atoms with Crippen LogP contribution in [-0.2, 0) is 14.1 Å². The van der Waals surface area contributed by atoms with Gasteiger partial charge in [-0.3, -0.25) is 5.04 Å². The van der Waals surface area contributed by atoms with Crippen molar-refractivity contribution >= 4 is 12.0 Å². The van der Waals surface area contributed by atoms with Crippen LogP contribution in [0.15, 0.2) is 0 Å². The summed E-state index contributed by atoms with van der Waals surface area (Å²) in [4.78, 5) is 0. The second-order valence-corrected chi connectivity index (χ2v) is 4.91. The van der Waals surface area contributed by atoms with E-state index in [4.69, 9.17) is 0 Å². The molecule has 0 rings (SSSR count). The third kappa shape index (κ3) is 4.16. The molecule has 0 heterocycles. The van der Waals surface area contributed by atoms with E-state index in [0.29, 0.717) is 0 Å². The summed E-state index contributed by atoms with van der Waals surface area (Å²) in [7, 11) is 0. The Morgan fingerprint density at radius 3 is 1.67 bits per heavy atom. The van der Waals surface area contributed by atoms with Gasteiger partial charge in [0.1, 0.15) is 0 Å². The van der Waals surface area contributed by atoms with E-state index < -0.39 is 34.9 Å². The van der Waals surface area contributed by atoms with Crippen molar-refractivity contribution in [2.75, 3.05) is 0 Å². The Hall–Kier alpha value is -0.230. The molecule has 0 radical (unpaired) electrons. The summed E-state index contributed by atoms with van der Waals surface area (Å²) in [6.45, 7) is 2.98. The molecule has 0 bridgehead atoms. The minimum Gasteiger partial charge on any atom is -0.691 e. The van der Waals surface area contributed by atoms with E-state index in [1.807, 2.05) is 0 Å². The summed E-state index contributed by atoms with van der Waals surface area (Å²) < 4.78 is 83.5. The summed E-state index contributed by atoms with van der Waals surface area (Å²) in [5, 5.41) is 6.50. The van der Waals surface area contributed by atoms with Crippen LogP contribution in [0.5, 0.6) is 0 Å². The maximum absolute atomic E-state index is 13.4. The minimum absolute atomic E-state index is 0.993. The fourth-order valence-corrected chi connectivity index (χ4v) is 1.13. The summed E-state index contributed by atoms with van der Waals surface area (Å²) >= 11 is -1.52. The Bertz CT molecular complexity index is 278. The molecule has 0 aliphatic heterocycles. The molecule has 4 nitrogen and oxygen atoms in total. The van der Waals surface area contributed by atoms with Crippen molar-refractivity contribution in [3.05, 3.63) is 0 Å². The lowest BCUT2D eigenvalue weighted by molar-refractivity contribution is -0.777. The summed E-state index contributed by atoms with van der Waals surface area (Å²) in [5.74, 6) is 0. The van der Waals surface area contributed by atoms with Crippen LogP contribution in [0.25, 0.3) is 0 Å². The fourth-order valence-electron chi connectivity index (χ4n) is 0.772. The maximum Gasteiger partial charge on any atom is 0.443 e. The molecule has 0 aliphatic carbocycles. The number of alkyl halides is 6. The van der Waals surface area contributed by atoms with Crippen molar-refractivity contribution in [1.29, 1.82) is 0 Å². The second kappa shape index (κ2) is 5.41. The minimum atomic E-state index is -6.06. The smallest absolute Gasteiger partial charge is 0.443 e. The van der Waals surface area contributed by atoms with Gasteiger partial charge in [-0.2, -0.15) is 26.3 Å². The molecule has 0 aliphatic rings. The highest BCUT2D eigenvalue weighted by molar-refractivity contribution is 7.95. The number of ether oxygens (including phenoxy) is 1. The van der Waals surface area contributed by atoms with E-state index in [1.54, 1.807) is 0 Å². The van der Waals surface area contributed by atoms with Gasteiger partial charge >= 0.3 is 17.3 Å². The van der Waals surface area contributed by atoms with Crippen molar-refractivity contribution in [1.82, 2.24) is 0 Å². The van der Waals surface area contributed by atoms with Gasteiger partial charge in [-0.1, -0.05) is 0 Å². The van der Waals surface area contributed by atoms with Gasteiger partial charge in [-0.25, -0.2) is 4.39 Å². The highest BCUT2D eigenvalue weighted by Gasteiger charge is 2.75. The largest absolute Gasteiger partial charge is 0.691 e. The quantitative estimate of drug-likeness (QED) is 0.338. The highest BCUT2D eigenvalue weighted by atomic mass is 32.2. The van der Waals surface area contributed by atoms with E-state index >= 15 is 0 Å². The van der Waals surface area contributed by atoms with Crippen molar-refractivity contribution in [3.8, 4) is 0 Å². The molecule has 0 saturated carbocycles. The van der Waals surface area contributed by atoms with Crippen LogP contribution in [0.4, 0.5) is 26.3 Å². The molecule has 18 heavy (non-hydrogen) atoms. The van der Waals surface area contributed by atoms with Gasteiger partial charge < -0.3 is 9.99 Å². The maximum atomic E-state index is 13.4. The average molecular weight is 303 g/mol. The molecule has 0 saturated heterocycles. The van der Waals surface area contributed by atoms with E-state index in [0.717, 1.165) is 20.8 Å². The molecular formula is C7H9F6O4S-. The van der Waals surface area contributed by atoms with Crippen molar-refractivity contribution < 1.29 is 45.7 Å². The number of halogens is 6. The molecule has 0 spiro atoms. The Labute approximate surface area is 102 Å². The highest BCUT2D eigenvalue weighted by Crippen LogP contribution is 2.54. The van der Waals surface area contributed by atoms with Crippen LogP contribution in [0.3, 0.4) is 0 Å². The molecule has 0 aromatic carbocycles. The molecule has 0 aromatic rings. The Morgan fingerprint density at radius 2 is 1.39 bits per heavy atom. The van der Waals surface area contributed by atoms with Crippen LogP contribution in [-0.4, -0.2) is 22.9 Å². The SMILES string of the molecule is CC(C)(C)OC(F)(F)C(F)(SOO[O-])C(F)(F)F. The van der Waals surface area contributed by atoms with Crippen molar-refractivity contribution in [2.45, 2.75) is 43.7 Å². The average Bonchev–Trinajstić information content (AvgIpc) is 2.07. The van der Waals surface area contributed by atoms with Gasteiger partial charge in [-0.05, 0) is 20.8 Å². The summed E-state index contributed by atoms with van der Waals surface area (Å²) in [6, 6.07) is 0. The molecular weight excluding hydrogens is 294 g/mol. The van der Waals surface area contributed by atoms with Crippen molar-refractivity contribution in [3.63, 3.8) is 0 Å². The zero-order chi connectivity index (χ0) is 14.8. The fraction of sp³-hybridized carbons (Fsp3) is 1.00. The van der Waals surface area contributed by atoms with Gasteiger partial charge in [0.25, 0.3) is 0 Å². The second-order valence-electron chi connectivity index (χ2n) is 4.04. The van der Waals surface area contributed by atoms with Crippen LogP contribution in [0.2, 0.25) is 0 Å². The lowest BCUT2D eigenvalue weighted by Gasteiger charge is -2.36. The van der Waals surface area contributed by atoms with Gasteiger partial charge in [0.15, 0.2) is 0 Å². The molecule has 0 aromatic heterocycles. The van der Waals surface area contributed by atoms with E-state index in [1.165, 1.54) is 0 Å². The Kier molecular flexibility index (Phi) is 5.34. The van der Waals surface area contributed by atoms with Gasteiger partial charge in [0.05, 0.1) is 17.6 Å². The zero-order valence-corrected chi connectivity index (χ0v) is 10.1. The summed E-state index contributed by atoms with van der Waals surface area (Å²) in [5.41, 5.74) is -1.77. The normalized spacial score (nSPS) is 17.7. The van der Waals surface area contributed by atoms with Crippen LogP contribution in [0, 0.1) is 0 Å². The molecule has 11 heteroatoms. The Morgan fingerprint density at radius 1 is 0.944 bits per heavy atom. The lowest BCUT2D eigenvalue weighted by atomic mass is 10.2. The zero-order valence-electron chi connectivity index (χ0n) is 9.31. The van der Waals surface area contributed by atoms with Crippen LogP contribution < -0.4 is 5.26 Å². The molecule has 1 atom stereocenters. The molecule has 110 valence electrons. The lowest BCUT2D eigenvalue weighted by Crippen LogP contribution is -2.56. The van der Waals surface area contributed by atoms with E-state index in [9.17, 15) is 31.6 Å². The Balaban J connectivity index is 5.30. The van der Waals surface area contributed by atoms with Gasteiger partial charge in [-0.15, -0.1) is 0 Å². The molecule has 0 amide bonds. The predicted octanol–water partition coefficient (Wildman–Crippen LogP) is 2.49. The molecule has 1 unspecified atom stereocenters. The number of hydrogen-bond donors (Lipinski definition) is 0. The molecule has 0 fully saturated rings. The first-order chi connectivity index (χ1) is 7.77. The first-order valence-corrected chi connectivity index (χ1v) is 4.99. The number of hydrogen-bond acceptors (Lipinski definition) is 5. The first kappa shape index (κ1) is 17.8. The molecule has 0 N–H and O–H groups in total. The van der Waals surface area contributed by atoms with Crippen LogP contribution >= 0.6 is 12.0 Å². The van der Waals surface area contributed by atoms with Gasteiger partial charge in [0.2, 0.25) is 0 Å². The van der Waals surface area contributed by atoms with Crippen molar-refractivity contribution in [2.24, 2.45) is 0 Å². The van der Waals surface area contributed by atoms with E-state index in [-0.39, 0.29) is 0 Å². The standard InChI is InChI=1S/C7H10F6O4S/c1-4(2,3)15-7(12,13)5(8,6(9,10)11)18-17-16-14/h14H,1-3H3/p-1. The topological polar surface area (TPSA) is 50.8 Å². The number of rotatable bonds is 5. The van der Waals surface area contributed by atoms with E-state index in [2.05, 4.69) is 14.1 Å². The third-order valence-corrected chi connectivity index (χ3v) is 2.17. The summed E-state index contributed by atoms with van der Waals surface area (Å²) in [6.07, 6.45) is -11.4. The third-order valence-electron chi connectivity index (χ3n) is 1.35. The van der Waals surface area contributed by atoms with Crippen LogP contribution in [0.1, 0.15) is 20.8 Å². The first-order valence-electron chi connectivity index (χ1n) is 4.25. The monoisotopic (exact) mass is 303 g/mol. The van der Waals surface area contributed by atoms with Gasteiger partial charge in [0, 0.05) is 0 Å².